The number of benzene rings is 1. The summed E-state index contributed by atoms with van der Waals surface area (Å²) in [4.78, 5) is 4.00. The van der Waals surface area contributed by atoms with Crippen molar-refractivity contribution in [3.8, 4) is 0 Å². The van der Waals surface area contributed by atoms with Gasteiger partial charge >= 0.3 is 0 Å². The van der Waals surface area contributed by atoms with Crippen LogP contribution in [0.2, 0.25) is 0 Å². The summed E-state index contributed by atoms with van der Waals surface area (Å²) < 4.78 is 30.9. The smallest absolute Gasteiger partial charge is 0.231 e. The molecule has 17 heavy (non-hydrogen) atoms. The highest BCUT2D eigenvalue weighted by atomic mass is 35.5. The number of halogens is 3. The molecule has 0 saturated carbocycles. The van der Waals surface area contributed by atoms with Crippen molar-refractivity contribution in [2.45, 2.75) is 18.7 Å². The molecular formula is C11H9ClF2N2O. The number of aromatic nitrogens is 2. The van der Waals surface area contributed by atoms with Crippen molar-refractivity contribution in [2.75, 3.05) is 0 Å². The predicted molar refractivity (Wildman–Crippen MR) is 57.7 cm³/mol. The van der Waals surface area contributed by atoms with Gasteiger partial charge in [-0.15, -0.1) is 11.6 Å². The molecule has 2 rings (SSSR count). The van der Waals surface area contributed by atoms with Crippen molar-refractivity contribution in [2.24, 2.45) is 0 Å². The summed E-state index contributed by atoms with van der Waals surface area (Å²) in [6, 6.07) is 3.34. The van der Waals surface area contributed by atoms with Gasteiger partial charge in [-0.1, -0.05) is 11.2 Å². The van der Waals surface area contributed by atoms with Crippen LogP contribution in [-0.4, -0.2) is 10.1 Å². The van der Waals surface area contributed by atoms with Crippen LogP contribution in [0.15, 0.2) is 22.7 Å². The Labute approximate surface area is 101 Å². The second kappa shape index (κ2) is 4.79. The molecule has 0 N–H and O–H groups in total. The van der Waals surface area contributed by atoms with Crippen molar-refractivity contribution in [1.29, 1.82) is 0 Å². The Balaban J connectivity index is 2.19. The maximum absolute atomic E-state index is 13.3. The standard InChI is InChI=1S/C11H9ClF2N2O/c1-6(12)11-15-10(17-16-11)4-7-2-3-8(13)5-9(7)14/h2-3,5-6H,4H2,1H3. The molecule has 2 aromatic rings. The summed E-state index contributed by atoms with van der Waals surface area (Å²) in [7, 11) is 0. The molecule has 0 saturated heterocycles. The average molecular weight is 259 g/mol. The third kappa shape index (κ3) is 2.79. The lowest BCUT2D eigenvalue weighted by Gasteiger charge is -1.99. The van der Waals surface area contributed by atoms with Gasteiger partial charge in [0, 0.05) is 6.07 Å². The average Bonchev–Trinajstić information content (AvgIpc) is 2.71. The first kappa shape index (κ1) is 12.0. The van der Waals surface area contributed by atoms with Gasteiger partial charge in [0.1, 0.15) is 11.6 Å². The zero-order valence-electron chi connectivity index (χ0n) is 8.95. The Kier molecular flexibility index (Phi) is 3.38. The highest BCUT2D eigenvalue weighted by Crippen LogP contribution is 2.18. The topological polar surface area (TPSA) is 38.9 Å². The maximum atomic E-state index is 13.3. The van der Waals surface area contributed by atoms with E-state index in [2.05, 4.69) is 10.1 Å². The largest absolute Gasteiger partial charge is 0.339 e. The van der Waals surface area contributed by atoms with Crippen molar-refractivity contribution in [3.05, 3.63) is 47.1 Å². The van der Waals surface area contributed by atoms with Gasteiger partial charge in [0.05, 0.1) is 11.8 Å². The van der Waals surface area contributed by atoms with Crippen LogP contribution in [-0.2, 0) is 6.42 Å². The molecule has 90 valence electrons. The molecule has 0 amide bonds. The van der Waals surface area contributed by atoms with Gasteiger partial charge < -0.3 is 4.52 Å². The quantitative estimate of drug-likeness (QED) is 0.794. The lowest BCUT2D eigenvalue weighted by atomic mass is 10.1. The number of rotatable bonds is 3. The molecule has 1 heterocycles. The van der Waals surface area contributed by atoms with E-state index in [0.29, 0.717) is 11.4 Å². The molecule has 0 fully saturated rings. The van der Waals surface area contributed by atoms with Crippen molar-refractivity contribution in [1.82, 2.24) is 10.1 Å². The van der Waals surface area contributed by atoms with Crippen molar-refractivity contribution >= 4 is 11.6 Å². The van der Waals surface area contributed by atoms with Gasteiger partial charge in [0.15, 0.2) is 5.82 Å². The number of hydrogen-bond acceptors (Lipinski definition) is 3. The Hall–Kier alpha value is -1.49. The lowest BCUT2D eigenvalue weighted by Crippen LogP contribution is -1.94. The fraction of sp³-hybridized carbons (Fsp3) is 0.273. The first-order valence-electron chi connectivity index (χ1n) is 4.96. The summed E-state index contributed by atoms with van der Waals surface area (Å²) in [6.07, 6.45) is 0.114. The Morgan fingerprint density at radius 1 is 1.41 bits per heavy atom. The van der Waals surface area contributed by atoms with Crippen LogP contribution < -0.4 is 0 Å². The van der Waals surface area contributed by atoms with E-state index in [1.165, 1.54) is 12.1 Å². The minimum atomic E-state index is -0.635. The van der Waals surface area contributed by atoms with E-state index in [9.17, 15) is 8.78 Å². The Morgan fingerprint density at radius 3 is 2.76 bits per heavy atom. The molecule has 1 aromatic carbocycles. The first-order chi connectivity index (χ1) is 8.06. The summed E-state index contributed by atoms with van der Waals surface area (Å²) in [5.41, 5.74) is 0.295. The van der Waals surface area contributed by atoms with Crippen LogP contribution >= 0.6 is 11.6 Å². The minimum absolute atomic E-state index is 0.114. The van der Waals surface area contributed by atoms with Crippen LogP contribution in [0.3, 0.4) is 0 Å². The van der Waals surface area contributed by atoms with E-state index >= 15 is 0 Å². The van der Waals surface area contributed by atoms with Gasteiger partial charge in [0.25, 0.3) is 0 Å². The SMILES string of the molecule is CC(Cl)c1noc(Cc2ccc(F)cc2F)n1. The second-order valence-corrected chi connectivity index (χ2v) is 4.23. The second-order valence-electron chi connectivity index (χ2n) is 3.57. The molecular weight excluding hydrogens is 250 g/mol. The molecule has 0 bridgehead atoms. The maximum Gasteiger partial charge on any atom is 0.231 e. The fourth-order valence-corrected chi connectivity index (χ4v) is 1.42. The zero-order chi connectivity index (χ0) is 12.4. The van der Waals surface area contributed by atoms with Gasteiger partial charge in [-0.3, -0.25) is 0 Å². The third-order valence-corrected chi connectivity index (χ3v) is 2.39. The minimum Gasteiger partial charge on any atom is -0.339 e. The van der Waals surface area contributed by atoms with Gasteiger partial charge in [-0.25, -0.2) is 8.78 Å². The van der Waals surface area contributed by atoms with Crippen LogP contribution in [0.25, 0.3) is 0 Å². The van der Waals surface area contributed by atoms with Gasteiger partial charge in [0.2, 0.25) is 5.89 Å². The Bertz CT molecular complexity index is 528. The molecule has 6 heteroatoms. The molecule has 0 aliphatic heterocycles. The highest BCUT2D eigenvalue weighted by Gasteiger charge is 2.13. The molecule has 0 aliphatic rings. The summed E-state index contributed by atoms with van der Waals surface area (Å²) in [5, 5.41) is 3.27. The fourth-order valence-electron chi connectivity index (χ4n) is 1.33. The van der Waals surface area contributed by atoms with Crippen LogP contribution in [0, 0.1) is 11.6 Å². The number of alkyl halides is 1. The van der Waals surface area contributed by atoms with E-state index in [0.717, 1.165) is 6.07 Å². The zero-order valence-corrected chi connectivity index (χ0v) is 9.71. The number of hydrogen-bond donors (Lipinski definition) is 0. The molecule has 0 spiro atoms. The summed E-state index contributed by atoms with van der Waals surface area (Å²) in [6.45, 7) is 1.70. The Morgan fingerprint density at radius 2 is 2.18 bits per heavy atom. The van der Waals surface area contributed by atoms with Crippen LogP contribution in [0.4, 0.5) is 8.78 Å². The van der Waals surface area contributed by atoms with Crippen LogP contribution in [0.1, 0.15) is 29.6 Å². The van der Waals surface area contributed by atoms with Crippen molar-refractivity contribution < 1.29 is 13.3 Å². The molecule has 0 aliphatic carbocycles. The van der Waals surface area contributed by atoms with E-state index in [4.69, 9.17) is 16.1 Å². The van der Waals surface area contributed by atoms with Gasteiger partial charge in [-0.2, -0.15) is 4.98 Å². The predicted octanol–water partition coefficient (Wildman–Crippen LogP) is 3.24. The lowest BCUT2D eigenvalue weighted by molar-refractivity contribution is 0.378. The molecule has 1 atom stereocenters. The molecule has 1 aromatic heterocycles. The van der Waals surface area contributed by atoms with E-state index < -0.39 is 11.6 Å². The number of nitrogens with zero attached hydrogens (tertiary/aromatic N) is 2. The van der Waals surface area contributed by atoms with E-state index in [1.54, 1.807) is 6.92 Å². The molecule has 3 nitrogen and oxygen atoms in total. The first-order valence-corrected chi connectivity index (χ1v) is 5.40. The van der Waals surface area contributed by atoms with E-state index in [-0.39, 0.29) is 17.7 Å². The summed E-state index contributed by atoms with van der Waals surface area (Å²) in [5.74, 6) is -0.655. The highest BCUT2D eigenvalue weighted by molar-refractivity contribution is 6.20. The van der Waals surface area contributed by atoms with Crippen LogP contribution in [0.5, 0.6) is 0 Å². The summed E-state index contributed by atoms with van der Waals surface area (Å²) >= 11 is 5.76. The van der Waals surface area contributed by atoms with Gasteiger partial charge in [-0.05, 0) is 18.6 Å². The molecule has 0 radical (unpaired) electrons. The third-order valence-electron chi connectivity index (χ3n) is 2.20. The molecule has 1 unspecified atom stereocenters. The van der Waals surface area contributed by atoms with Crippen molar-refractivity contribution in [3.63, 3.8) is 0 Å². The normalized spacial score (nSPS) is 12.7. The monoisotopic (exact) mass is 258 g/mol. The van der Waals surface area contributed by atoms with E-state index in [1.807, 2.05) is 0 Å².